The van der Waals surface area contributed by atoms with Crippen LogP contribution in [0.2, 0.25) is 0 Å². The minimum absolute atomic E-state index is 0. The van der Waals surface area contributed by atoms with Gasteiger partial charge >= 0.3 is 0 Å². The monoisotopic (exact) mass is 389 g/mol. The van der Waals surface area contributed by atoms with Crippen LogP contribution in [0.25, 0.3) is 0 Å². The second-order valence-corrected chi connectivity index (χ2v) is 8.13. The van der Waals surface area contributed by atoms with E-state index in [4.69, 9.17) is 0 Å². The Labute approximate surface area is 156 Å². The van der Waals surface area contributed by atoms with E-state index in [1.54, 1.807) is 18.2 Å². The fourth-order valence-electron chi connectivity index (χ4n) is 2.85. The highest BCUT2D eigenvalue weighted by Crippen LogP contribution is 2.15. The van der Waals surface area contributed by atoms with Gasteiger partial charge in [-0.25, -0.2) is 13.1 Å². The lowest BCUT2D eigenvalue weighted by atomic mass is 10.1. The second-order valence-electron chi connectivity index (χ2n) is 6.36. The van der Waals surface area contributed by atoms with Gasteiger partial charge < -0.3 is 10.2 Å². The topological polar surface area (TPSA) is 78.5 Å². The van der Waals surface area contributed by atoms with Gasteiger partial charge in [-0.1, -0.05) is 6.07 Å². The van der Waals surface area contributed by atoms with Crippen molar-refractivity contribution < 1.29 is 13.2 Å². The molecule has 1 atom stereocenters. The summed E-state index contributed by atoms with van der Waals surface area (Å²) in [7, 11) is -1.68. The number of sulfonamides is 1. The summed E-state index contributed by atoms with van der Waals surface area (Å²) in [5, 5.41) is 3.20. The van der Waals surface area contributed by atoms with E-state index in [9.17, 15) is 13.2 Å². The highest BCUT2D eigenvalue weighted by atomic mass is 35.5. The lowest BCUT2D eigenvalue weighted by Crippen LogP contribution is -2.47. The number of benzene rings is 1. The summed E-state index contributed by atoms with van der Waals surface area (Å²) in [6, 6.07) is 5.37. The average Bonchev–Trinajstić information content (AvgIpc) is 2.57. The molecule has 1 unspecified atom stereocenters. The fraction of sp³-hybridized carbons (Fsp3) is 0.588. The largest absolute Gasteiger partial charge is 0.341 e. The van der Waals surface area contributed by atoms with Crippen LogP contribution >= 0.6 is 12.4 Å². The first kappa shape index (κ1) is 21.9. The van der Waals surface area contributed by atoms with Crippen molar-refractivity contribution in [1.29, 1.82) is 0 Å². The van der Waals surface area contributed by atoms with E-state index in [-0.39, 0.29) is 36.2 Å². The average molecular weight is 390 g/mol. The molecule has 2 rings (SSSR count). The van der Waals surface area contributed by atoms with Crippen molar-refractivity contribution in [1.82, 2.24) is 14.9 Å². The van der Waals surface area contributed by atoms with Crippen LogP contribution < -0.4 is 10.0 Å². The van der Waals surface area contributed by atoms with Crippen LogP contribution in [0.15, 0.2) is 23.1 Å². The third kappa shape index (κ3) is 5.95. The SMILES string of the molecule is CNC1CCCN(C(=O)CCNS(=O)(=O)c2ccc(C)c(C)c2)C1.Cl. The maximum absolute atomic E-state index is 12.3. The molecule has 6 nitrogen and oxygen atoms in total. The van der Waals surface area contributed by atoms with Crippen LogP contribution in [0.1, 0.15) is 30.4 Å². The predicted molar refractivity (Wildman–Crippen MR) is 102 cm³/mol. The van der Waals surface area contributed by atoms with E-state index in [1.165, 1.54) is 0 Å². The highest BCUT2D eigenvalue weighted by molar-refractivity contribution is 7.89. The Balaban J connectivity index is 0.00000312. The normalized spacial score (nSPS) is 17.9. The Morgan fingerprint density at radius 2 is 2.00 bits per heavy atom. The molecule has 1 saturated heterocycles. The van der Waals surface area contributed by atoms with Gasteiger partial charge in [0.1, 0.15) is 0 Å². The van der Waals surface area contributed by atoms with Crippen LogP contribution in [-0.4, -0.2) is 51.9 Å². The van der Waals surface area contributed by atoms with E-state index >= 15 is 0 Å². The molecular formula is C17H28ClN3O3S. The van der Waals surface area contributed by atoms with Gasteiger partial charge in [0, 0.05) is 32.1 Å². The molecule has 25 heavy (non-hydrogen) atoms. The Kier molecular flexibility index (Phi) is 8.34. The Morgan fingerprint density at radius 1 is 1.28 bits per heavy atom. The molecule has 0 saturated carbocycles. The molecule has 1 heterocycles. The number of hydrogen-bond donors (Lipinski definition) is 2. The number of piperidine rings is 1. The molecule has 1 aliphatic rings. The van der Waals surface area contributed by atoms with Gasteiger partial charge in [0.2, 0.25) is 15.9 Å². The third-order valence-electron chi connectivity index (χ3n) is 4.60. The molecule has 2 N–H and O–H groups in total. The summed E-state index contributed by atoms with van der Waals surface area (Å²) in [5.41, 5.74) is 1.98. The summed E-state index contributed by atoms with van der Waals surface area (Å²) in [5.74, 6) is -0.00210. The smallest absolute Gasteiger partial charge is 0.240 e. The van der Waals surface area contributed by atoms with Gasteiger partial charge in [-0.3, -0.25) is 4.79 Å². The number of halogens is 1. The maximum atomic E-state index is 12.3. The zero-order valence-corrected chi connectivity index (χ0v) is 16.7. The Hall–Kier alpha value is -1.15. The number of amides is 1. The van der Waals surface area contributed by atoms with Crippen molar-refractivity contribution in [2.24, 2.45) is 0 Å². The molecule has 8 heteroatoms. The van der Waals surface area contributed by atoms with Gasteiger partial charge in [-0.15, -0.1) is 12.4 Å². The van der Waals surface area contributed by atoms with Gasteiger partial charge in [0.15, 0.2) is 0 Å². The number of carbonyl (C=O) groups excluding carboxylic acids is 1. The van der Waals surface area contributed by atoms with Gasteiger partial charge in [0.25, 0.3) is 0 Å². The van der Waals surface area contributed by atoms with Crippen molar-refractivity contribution in [3.05, 3.63) is 29.3 Å². The predicted octanol–water partition coefficient (Wildman–Crippen LogP) is 1.60. The standard InChI is InChI=1S/C17H27N3O3S.ClH/c1-13-6-7-16(11-14(13)2)24(22,23)19-9-8-17(21)20-10-4-5-15(12-20)18-3;/h6-7,11,15,18-19H,4-5,8-10,12H2,1-3H3;1H. The van der Waals surface area contributed by atoms with Crippen LogP contribution in [0.3, 0.4) is 0 Å². The van der Waals surface area contributed by atoms with Crippen LogP contribution in [-0.2, 0) is 14.8 Å². The quantitative estimate of drug-likeness (QED) is 0.774. The summed E-state index contributed by atoms with van der Waals surface area (Å²) < 4.78 is 27.1. The van der Waals surface area contributed by atoms with Crippen molar-refractivity contribution in [3.63, 3.8) is 0 Å². The third-order valence-corrected chi connectivity index (χ3v) is 6.06. The maximum Gasteiger partial charge on any atom is 0.240 e. The minimum Gasteiger partial charge on any atom is -0.341 e. The van der Waals surface area contributed by atoms with Crippen LogP contribution in [0.4, 0.5) is 0 Å². The first-order valence-corrected chi connectivity index (χ1v) is 9.84. The van der Waals surface area contributed by atoms with Crippen LogP contribution in [0.5, 0.6) is 0 Å². The highest BCUT2D eigenvalue weighted by Gasteiger charge is 2.23. The number of likely N-dealkylation sites (N-methyl/N-ethyl adjacent to an activating group) is 1. The zero-order chi connectivity index (χ0) is 17.7. The molecule has 0 bridgehead atoms. The van der Waals surface area contributed by atoms with Gasteiger partial charge in [0.05, 0.1) is 4.90 Å². The van der Waals surface area contributed by atoms with Crippen molar-refractivity contribution >= 4 is 28.3 Å². The van der Waals surface area contributed by atoms with E-state index in [0.717, 1.165) is 30.5 Å². The lowest BCUT2D eigenvalue weighted by molar-refractivity contribution is -0.132. The summed E-state index contributed by atoms with van der Waals surface area (Å²) in [6.45, 7) is 5.39. The van der Waals surface area contributed by atoms with Crippen LogP contribution in [0, 0.1) is 13.8 Å². The Bertz CT molecular complexity index is 694. The van der Waals surface area contributed by atoms with E-state index < -0.39 is 10.0 Å². The van der Waals surface area contributed by atoms with Crippen molar-refractivity contribution in [3.8, 4) is 0 Å². The van der Waals surface area contributed by atoms with E-state index in [0.29, 0.717) is 12.6 Å². The van der Waals surface area contributed by atoms with E-state index in [2.05, 4.69) is 10.0 Å². The molecule has 0 radical (unpaired) electrons. The number of hydrogen-bond acceptors (Lipinski definition) is 4. The molecular weight excluding hydrogens is 362 g/mol. The van der Waals surface area contributed by atoms with Gasteiger partial charge in [-0.05, 0) is 57.0 Å². The summed E-state index contributed by atoms with van der Waals surface area (Å²) in [4.78, 5) is 14.3. The second kappa shape index (κ2) is 9.52. The number of aryl methyl sites for hydroxylation is 2. The molecule has 1 aromatic carbocycles. The minimum atomic E-state index is -3.57. The summed E-state index contributed by atoms with van der Waals surface area (Å²) in [6.07, 6.45) is 2.23. The van der Waals surface area contributed by atoms with Crippen molar-refractivity contribution in [2.75, 3.05) is 26.7 Å². The molecule has 142 valence electrons. The van der Waals surface area contributed by atoms with E-state index in [1.807, 2.05) is 25.8 Å². The summed E-state index contributed by atoms with van der Waals surface area (Å²) >= 11 is 0. The first-order chi connectivity index (χ1) is 11.3. The Morgan fingerprint density at radius 3 is 2.64 bits per heavy atom. The molecule has 1 aromatic rings. The number of likely N-dealkylation sites (tertiary alicyclic amines) is 1. The first-order valence-electron chi connectivity index (χ1n) is 8.35. The van der Waals surface area contributed by atoms with Crippen molar-refractivity contribution in [2.45, 2.75) is 44.0 Å². The molecule has 1 aliphatic heterocycles. The fourth-order valence-corrected chi connectivity index (χ4v) is 3.97. The number of nitrogens with one attached hydrogen (secondary N) is 2. The molecule has 1 fully saturated rings. The molecule has 0 aliphatic carbocycles. The zero-order valence-electron chi connectivity index (χ0n) is 15.0. The number of rotatable bonds is 6. The number of nitrogens with zero attached hydrogens (tertiary/aromatic N) is 1. The molecule has 1 amide bonds. The van der Waals surface area contributed by atoms with Gasteiger partial charge in [-0.2, -0.15) is 0 Å². The lowest BCUT2D eigenvalue weighted by Gasteiger charge is -2.32. The number of carbonyl (C=O) groups is 1. The molecule has 0 aromatic heterocycles. The molecule has 0 spiro atoms.